The van der Waals surface area contributed by atoms with Gasteiger partial charge in [0.1, 0.15) is 0 Å². The van der Waals surface area contributed by atoms with E-state index in [1.807, 2.05) is 0 Å². The summed E-state index contributed by atoms with van der Waals surface area (Å²) < 4.78 is 5.67. The average molecular weight is 280 g/mol. The van der Waals surface area contributed by atoms with Gasteiger partial charge in [-0.25, -0.2) is 0 Å². The fourth-order valence-electron chi connectivity index (χ4n) is 4.92. The average Bonchev–Trinajstić information content (AvgIpc) is 3.00. The van der Waals surface area contributed by atoms with Gasteiger partial charge in [-0.3, -0.25) is 0 Å². The van der Waals surface area contributed by atoms with Crippen LogP contribution < -0.4 is 0 Å². The van der Waals surface area contributed by atoms with Gasteiger partial charge in [-0.15, -0.1) is 0 Å². The van der Waals surface area contributed by atoms with Crippen LogP contribution in [-0.4, -0.2) is 23.9 Å². The van der Waals surface area contributed by atoms with Crippen molar-refractivity contribution in [2.45, 2.75) is 89.3 Å². The minimum atomic E-state index is -0.0423. The molecule has 0 aromatic carbocycles. The molecule has 3 rings (SSSR count). The van der Waals surface area contributed by atoms with E-state index in [1.165, 1.54) is 57.8 Å². The minimum Gasteiger partial charge on any atom is -0.393 e. The molecule has 20 heavy (non-hydrogen) atoms. The number of ether oxygens (including phenoxy) is 1. The lowest BCUT2D eigenvalue weighted by atomic mass is 9.66. The maximum atomic E-state index is 10.5. The lowest BCUT2D eigenvalue weighted by molar-refractivity contribution is 0.0264. The Labute approximate surface area is 124 Å². The van der Waals surface area contributed by atoms with Crippen molar-refractivity contribution < 1.29 is 9.84 Å². The van der Waals surface area contributed by atoms with Crippen LogP contribution in [0.2, 0.25) is 0 Å². The first-order valence-corrected chi connectivity index (χ1v) is 9.12. The van der Waals surface area contributed by atoms with E-state index in [2.05, 4.69) is 0 Å². The largest absolute Gasteiger partial charge is 0.393 e. The van der Waals surface area contributed by atoms with E-state index in [4.69, 9.17) is 4.74 Å². The molecule has 0 amide bonds. The lowest BCUT2D eigenvalue weighted by Crippen LogP contribution is -2.33. The van der Waals surface area contributed by atoms with Crippen molar-refractivity contribution >= 4 is 0 Å². The molecule has 2 nitrogen and oxygen atoms in total. The number of fused-ring (bicyclic) bond motifs is 1. The maximum Gasteiger partial charge on any atom is 0.0576 e. The summed E-state index contributed by atoms with van der Waals surface area (Å²) in [5.74, 6) is 2.54. The van der Waals surface area contributed by atoms with Gasteiger partial charge in [0, 0.05) is 6.61 Å². The van der Waals surface area contributed by atoms with Crippen molar-refractivity contribution in [2.75, 3.05) is 6.61 Å². The van der Waals surface area contributed by atoms with Gasteiger partial charge >= 0.3 is 0 Å². The molecule has 0 spiro atoms. The van der Waals surface area contributed by atoms with Crippen molar-refractivity contribution in [3.05, 3.63) is 0 Å². The molecule has 3 aliphatic rings. The molecule has 0 bridgehead atoms. The Morgan fingerprint density at radius 1 is 0.950 bits per heavy atom. The van der Waals surface area contributed by atoms with E-state index in [-0.39, 0.29) is 6.10 Å². The summed E-state index contributed by atoms with van der Waals surface area (Å²) in [6.07, 6.45) is 16.0. The fourth-order valence-corrected chi connectivity index (χ4v) is 4.92. The first kappa shape index (κ1) is 14.8. The van der Waals surface area contributed by atoms with E-state index in [0.29, 0.717) is 12.0 Å². The summed E-state index contributed by atoms with van der Waals surface area (Å²) >= 11 is 0. The van der Waals surface area contributed by atoms with Crippen molar-refractivity contribution in [2.24, 2.45) is 17.8 Å². The Morgan fingerprint density at radius 3 is 2.60 bits per heavy atom. The zero-order valence-corrected chi connectivity index (χ0v) is 12.9. The predicted octanol–water partition coefficient (Wildman–Crippen LogP) is 4.30. The highest BCUT2D eigenvalue weighted by atomic mass is 16.5. The van der Waals surface area contributed by atoms with Gasteiger partial charge in [0.2, 0.25) is 0 Å². The summed E-state index contributed by atoms with van der Waals surface area (Å²) in [5.41, 5.74) is 0. The van der Waals surface area contributed by atoms with E-state index in [0.717, 1.165) is 37.7 Å². The quantitative estimate of drug-likeness (QED) is 0.813. The van der Waals surface area contributed by atoms with Crippen LogP contribution in [0.5, 0.6) is 0 Å². The van der Waals surface area contributed by atoms with Crippen molar-refractivity contribution in [3.63, 3.8) is 0 Å². The Morgan fingerprint density at radius 2 is 1.80 bits per heavy atom. The molecular formula is C18H32O2. The van der Waals surface area contributed by atoms with Crippen LogP contribution in [0.4, 0.5) is 0 Å². The molecule has 5 atom stereocenters. The van der Waals surface area contributed by atoms with Gasteiger partial charge in [-0.05, 0) is 69.1 Å². The standard InChI is InChI=1S/C18H32O2/c19-18(9-3-7-17-8-4-12-20-17)16-11-10-14-5-1-2-6-15(14)13-16/h14-19H,1-13H2. The molecule has 0 radical (unpaired) electrons. The predicted molar refractivity (Wildman–Crippen MR) is 81.6 cm³/mol. The van der Waals surface area contributed by atoms with Crippen molar-refractivity contribution in [3.8, 4) is 0 Å². The lowest BCUT2D eigenvalue weighted by Gasteiger charge is -2.40. The van der Waals surface area contributed by atoms with E-state index in [9.17, 15) is 5.11 Å². The molecule has 1 N–H and O–H groups in total. The molecule has 5 unspecified atom stereocenters. The summed E-state index contributed by atoms with van der Waals surface area (Å²) in [6.45, 7) is 0.957. The van der Waals surface area contributed by atoms with Crippen LogP contribution in [0.3, 0.4) is 0 Å². The Hall–Kier alpha value is -0.0800. The fraction of sp³-hybridized carbons (Fsp3) is 1.00. The van der Waals surface area contributed by atoms with Crippen LogP contribution in [0.15, 0.2) is 0 Å². The van der Waals surface area contributed by atoms with Gasteiger partial charge in [0.25, 0.3) is 0 Å². The number of hydrogen-bond acceptors (Lipinski definition) is 2. The topological polar surface area (TPSA) is 29.5 Å². The molecule has 1 saturated heterocycles. The molecule has 1 aliphatic heterocycles. The summed E-state index contributed by atoms with van der Waals surface area (Å²) in [7, 11) is 0. The highest BCUT2D eigenvalue weighted by Gasteiger charge is 2.34. The Bertz CT molecular complexity index is 285. The van der Waals surface area contributed by atoms with E-state index >= 15 is 0 Å². The number of rotatable bonds is 5. The van der Waals surface area contributed by atoms with Gasteiger partial charge in [-0.2, -0.15) is 0 Å². The Kier molecular flexibility index (Phi) is 5.39. The molecule has 2 aliphatic carbocycles. The third-order valence-electron chi connectivity index (χ3n) is 6.17. The smallest absolute Gasteiger partial charge is 0.0576 e. The molecule has 3 fully saturated rings. The second kappa shape index (κ2) is 7.26. The van der Waals surface area contributed by atoms with E-state index < -0.39 is 0 Å². The number of aliphatic hydroxyl groups excluding tert-OH is 1. The summed E-state index contributed by atoms with van der Waals surface area (Å²) in [6, 6.07) is 0. The van der Waals surface area contributed by atoms with Gasteiger partial charge in [0.15, 0.2) is 0 Å². The SMILES string of the molecule is OC(CCCC1CCCO1)C1CCC2CCCCC2C1. The second-order valence-corrected chi connectivity index (χ2v) is 7.51. The maximum absolute atomic E-state index is 10.5. The molecule has 116 valence electrons. The monoisotopic (exact) mass is 280 g/mol. The van der Waals surface area contributed by atoms with Crippen LogP contribution >= 0.6 is 0 Å². The Balaban J connectivity index is 1.37. The zero-order valence-electron chi connectivity index (χ0n) is 12.9. The molecule has 0 aromatic rings. The van der Waals surface area contributed by atoms with Crippen LogP contribution in [-0.2, 0) is 4.74 Å². The molecule has 0 aromatic heterocycles. The van der Waals surface area contributed by atoms with Gasteiger partial charge in [0.05, 0.1) is 12.2 Å². The number of hydrogen-bond donors (Lipinski definition) is 1. The molecule has 1 heterocycles. The highest BCUT2D eigenvalue weighted by molar-refractivity contribution is 4.85. The minimum absolute atomic E-state index is 0.0423. The van der Waals surface area contributed by atoms with Crippen molar-refractivity contribution in [1.29, 1.82) is 0 Å². The van der Waals surface area contributed by atoms with Crippen LogP contribution in [0.25, 0.3) is 0 Å². The highest BCUT2D eigenvalue weighted by Crippen LogP contribution is 2.44. The first-order chi connectivity index (χ1) is 9.83. The molecule has 2 heteroatoms. The van der Waals surface area contributed by atoms with E-state index in [1.54, 1.807) is 0 Å². The number of aliphatic hydroxyl groups is 1. The zero-order chi connectivity index (χ0) is 13.8. The van der Waals surface area contributed by atoms with Crippen LogP contribution in [0.1, 0.15) is 77.0 Å². The second-order valence-electron chi connectivity index (χ2n) is 7.51. The summed E-state index contributed by atoms with van der Waals surface area (Å²) in [5, 5.41) is 10.5. The molecule has 2 saturated carbocycles. The summed E-state index contributed by atoms with van der Waals surface area (Å²) in [4.78, 5) is 0. The van der Waals surface area contributed by atoms with Gasteiger partial charge in [-0.1, -0.05) is 25.7 Å². The third-order valence-corrected chi connectivity index (χ3v) is 6.17. The normalized spacial score (nSPS) is 39.5. The molecular weight excluding hydrogens is 248 g/mol. The van der Waals surface area contributed by atoms with Crippen molar-refractivity contribution in [1.82, 2.24) is 0 Å². The van der Waals surface area contributed by atoms with Crippen LogP contribution in [0, 0.1) is 17.8 Å². The van der Waals surface area contributed by atoms with Gasteiger partial charge < -0.3 is 9.84 Å². The third kappa shape index (κ3) is 3.76. The first-order valence-electron chi connectivity index (χ1n) is 9.12.